The smallest absolute Gasteiger partial charge is 0.224 e. The zero-order valence-corrected chi connectivity index (χ0v) is 10.4. The summed E-state index contributed by atoms with van der Waals surface area (Å²) in [7, 11) is 0. The fourth-order valence-corrected chi connectivity index (χ4v) is 1.98. The van der Waals surface area contributed by atoms with E-state index in [2.05, 4.69) is 5.32 Å². The molecule has 1 amide bonds. The largest absolute Gasteiger partial charge is 0.388 e. The second kappa shape index (κ2) is 5.06. The van der Waals surface area contributed by atoms with Gasteiger partial charge in [-0.1, -0.05) is 12.1 Å². The number of nitrogens with one attached hydrogen (secondary N) is 1. The number of carbonyl (C=O) groups is 1. The van der Waals surface area contributed by atoms with Crippen LogP contribution in [0, 0.1) is 11.7 Å². The minimum atomic E-state index is -0.807. The van der Waals surface area contributed by atoms with Crippen LogP contribution in [0.4, 0.5) is 4.39 Å². The average molecular weight is 251 g/mol. The molecule has 0 spiro atoms. The third-order valence-electron chi connectivity index (χ3n) is 3.38. The maximum atomic E-state index is 12.7. The molecular formula is C14H18FNO2. The first-order chi connectivity index (χ1) is 8.47. The first kappa shape index (κ1) is 13.0. The van der Waals surface area contributed by atoms with Crippen LogP contribution in [0.3, 0.4) is 0 Å². The third kappa shape index (κ3) is 3.53. The summed E-state index contributed by atoms with van der Waals surface area (Å²) in [6.07, 6.45) is 2.27. The summed E-state index contributed by atoms with van der Waals surface area (Å²) in [5, 5.41) is 12.8. The van der Waals surface area contributed by atoms with Crippen molar-refractivity contribution in [2.75, 3.05) is 6.54 Å². The van der Waals surface area contributed by atoms with Gasteiger partial charge in [0.1, 0.15) is 5.82 Å². The maximum absolute atomic E-state index is 12.7. The standard InChI is InChI=1S/C14H18FNO2/c1-14(18,11-4-5-11)9-16-13(17)8-10-2-6-12(15)7-3-10/h2-3,6-7,11,18H,4-5,8-9H2,1H3,(H,16,17)/t14-/m0/s1. The van der Waals surface area contributed by atoms with E-state index in [0.29, 0.717) is 5.92 Å². The van der Waals surface area contributed by atoms with Crippen molar-refractivity contribution in [2.24, 2.45) is 5.92 Å². The van der Waals surface area contributed by atoms with E-state index in [-0.39, 0.29) is 24.7 Å². The molecule has 0 saturated heterocycles. The van der Waals surface area contributed by atoms with E-state index in [1.54, 1.807) is 19.1 Å². The second-order valence-corrected chi connectivity index (χ2v) is 5.21. The summed E-state index contributed by atoms with van der Waals surface area (Å²) < 4.78 is 12.7. The van der Waals surface area contributed by atoms with Gasteiger partial charge in [0.25, 0.3) is 0 Å². The summed E-state index contributed by atoms with van der Waals surface area (Å²) in [5.41, 5.74) is -0.0432. The first-order valence-corrected chi connectivity index (χ1v) is 6.21. The van der Waals surface area contributed by atoms with Crippen molar-refractivity contribution in [2.45, 2.75) is 31.8 Å². The zero-order valence-electron chi connectivity index (χ0n) is 10.4. The van der Waals surface area contributed by atoms with E-state index in [9.17, 15) is 14.3 Å². The second-order valence-electron chi connectivity index (χ2n) is 5.21. The molecule has 4 heteroatoms. The molecule has 98 valence electrons. The Bertz CT molecular complexity index is 424. The molecule has 1 saturated carbocycles. The van der Waals surface area contributed by atoms with Crippen LogP contribution in [-0.2, 0) is 11.2 Å². The van der Waals surface area contributed by atoms with Crippen LogP contribution in [-0.4, -0.2) is 23.2 Å². The van der Waals surface area contributed by atoms with Gasteiger partial charge in [-0.05, 0) is 43.4 Å². The van der Waals surface area contributed by atoms with Gasteiger partial charge in [0.2, 0.25) is 5.91 Å². The van der Waals surface area contributed by atoms with E-state index in [1.165, 1.54) is 12.1 Å². The minimum absolute atomic E-state index is 0.150. The van der Waals surface area contributed by atoms with Gasteiger partial charge in [0.15, 0.2) is 0 Å². The Balaban J connectivity index is 1.80. The highest BCUT2D eigenvalue weighted by atomic mass is 19.1. The predicted octanol–water partition coefficient (Wildman–Crippen LogP) is 1.65. The molecule has 1 fully saturated rings. The lowest BCUT2D eigenvalue weighted by atomic mass is 10.0. The predicted molar refractivity (Wildman–Crippen MR) is 66.5 cm³/mol. The van der Waals surface area contributed by atoms with Crippen molar-refractivity contribution >= 4 is 5.91 Å². The number of rotatable bonds is 5. The highest BCUT2D eigenvalue weighted by molar-refractivity contribution is 5.78. The molecule has 0 unspecified atom stereocenters. The van der Waals surface area contributed by atoms with Gasteiger partial charge in [-0.15, -0.1) is 0 Å². The van der Waals surface area contributed by atoms with E-state index in [4.69, 9.17) is 0 Å². The number of aliphatic hydroxyl groups is 1. The fourth-order valence-electron chi connectivity index (χ4n) is 1.98. The summed E-state index contributed by atoms with van der Waals surface area (Å²) >= 11 is 0. The lowest BCUT2D eigenvalue weighted by Gasteiger charge is -2.23. The molecule has 1 aromatic rings. The molecule has 18 heavy (non-hydrogen) atoms. The van der Waals surface area contributed by atoms with Crippen LogP contribution in [0.1, 0.15) is 25.3 Å². The molecule has 0 aromatic heterocycles. The summed E-state index contributed by atoms with van der Waals surface area (Å²) in [6.45, 7) is 2.03. The number of halogens is 1. The summed E-state index contributed by atoms with van der Waals surface area (Å²) in [5.74, 6) is -0.151. The van der Waals surface area contributed by atoms with Gasteiger partial charge in [-0.3, -0.25) is 4.79 Å². The normalized spacial score (nSPS) is 18.2. The molecule has 0 radical (unpaired) electrons. The summed E-state index contributed by atoms with van der Waals surface area (Å²) in [6, 6.07) is 5.85. The molecule has 2 N–H and O–H groups in total. The SMILES string of the molecule is C[C@](O)(CNC(=O)Cc1ccc(F)cc1)C1CC1. The van der Waals surface area contributed by atoms with Crippen LogP contribution < -0.4 is 5.32 Å². The van der Waals surface area contributed by atoms with E-state index < -0.39 is 5.60 Å². The van der Waals surface area contributed by atoms with Crippen molar-refractivity contribution in [1.29, 1.82) is 0 Å². The lowest BCUT2D eigenvalue weighted by molar-refractivity contribution is -0.121. The van der Waals surface area contributed by atoms with E-state index in [1.807, 2.05) is 0 Å². The van der Waals surface area contributed by atoms with Crippen LogP contribution in [0.2, 0.25) is 0 Å². The Morgan fingerprint density at radius 2 is 2.06 bits per heavy atom. The van der Waals surface area contributed by atoms with Gasteiger partial charge < -0.3 is 10.4 Å². The summed E-state index contributed by atoms with van der Waals surface area (Å²) in [4.78, 5) is 11.7. The van der Waals surface area contributed by atoms with Crippen molar-refractivity contribution in [1.82, 2.24) is 5.32 Å². The Labute approximate surface area is 106 Å². The minimum Gasteiger partial charge on any atom is -0.388 e. The number of carbonyl (C=O) groups excluding carboxylic acids is 1. The monoisotopic (exact) mass is 251 g/mol. The van der Waals surface area contributed by atoms with E-state index in [0.717, 1.165) is 18.4 Å². The highest BCUT2D eigenvalue weighted by Crippen LogP contribution is 2.38. The lowest BCUT2D eigenvalue weighted by Crippen LogP contribution is -2.42. The molecule has 1 aromatic carbocycles. The number of hydrogen-bond donors (Lipinski definition) is 2. The molecule has 0 bridgehead atoms. The molecule has 1 aliphatic rings. The van der Waals surface area contributed by atoms with Crippen molar-refractivity contribution in [3.8, 4) is 0 Å². The zero-order chi connectivity index (χ0) is 13.2. The van der Waals surface area contributed by atoms with Crippen LogP contribution >= 0.6 is 0 Å². The van der Waals surface area contributed by atoms with Gasteiger partial charge in [0, 0.05) is 6.54 Å². The van der Waals surface area contributed by atoms with Crippen molar-refractivity contribution in [3.05, 3.63) is 35.6 Å². The van der Waals surface area contributed by atoms with Crippen LogP contribution in [0.5, 0.6) is 0 Å². The topological polar surface area (TPSA) is 49.3 Å². The number of amides is 1. The molecule has 0 heterocycles. The number of hydrogen-bond acceptors (Lipinski definition) is 2. The molecule has 1 atom stereocenters. The molecule has 2 rings (SSSR count). The van der Waals surface area contributed by atoms with Crippen LogP contribution in [0.25, 0.3) is 0 Å². The van der Waals surface area contributed by atoms with Gasteiger partial charge >= 0.3 is 0 Å². The molecule has 3 nitrogen and oxygen atoms in total. The Kier molecular flexibility index (Phi) is 3.66. The molecule has 1 aliphatic carbocycles. The van der Waals surface area contributed by atoms with Gasteiger partial charge in [0.05, 0.1) is 12.0 Å². The van der Waals surface area contributed by atoms with Gasteiger partial charge in [-0.2, -0.15) is 0 Å². The van der Waals surface area contributed by atoms with Gasteiger partial charge in [-0.25, -0.2) is 4.39 Å². The Morgan fingerprint density at radius 3 is 2.61 bits per heavy atom. The quantitative estimate of drug-likeness (QED) is 0.836. The van der Waals surface area contributed by atoms with Crippen molar-refractivity contribution < 1.29 is 14.3 Å². The molecular weight excluding hydrogens is 233 g/mol. The first-order valence-electron chi connectivity index (χ1n) is 6.21. The Morgan fingerprint density at radius 1 is 1.44 bits per heavy atom. The Hall–Kier alpha value is -1.42. The van der Waals surface area contributed by atoms with Crippen molar-refractivity contribution in [3.63, 3.8) is 0 Å². The third-order valence-corrected chi connectivity index (χ3v) is 3.38. The highest BCUT2D eigenvalue weighted by Gasteiger charge is 2.39. The number of benzene rings is 1. The maximum Gasteiger partial charge on any atom is 0.224 e. The molecule has 0 aliphatic heterocycles. The average Bonchev–Trinajstić information content (AvgIpc) is 3.14. The van der Waals surface area contributed by atoms with Crippen LogP contribution in [0.15, 0.2) is 24.3 Å². The van der Waals surface area contributed by atoms with E-state index >= 15 is 0 Å². The fraction of sp³-hybridized carbons (Fsp3) is 0.500.